The molecule has 4 rings (SSSR count). The Labute approximate surface area is 141 Å². The fraction of sp³-hybridized carbons (Fsp3) is 0.500. The SMILES string of the molecule is Cn1cc(CN2CCC[C@H]2CO)c(-c2ccc3c(c2)OCCO3)n1. The van der Waals surface area contributed by atoms with Crippen molar-refractivity contribution in [2.45, 2.75) is 25.4 Å². The molecule has 24 heavy (non-hydrogen) atoms. The summed E-state index contributed by atoms with van der Waals surface area (Å²) in [5.41, 5.74) is 3.18. The molecule has 6 nitrogen and oxygen atoms in total. The Kier molecular flexibility index (Phi) is 4.16. The van der Waals surface area contributed by atoms with Crippen LogP contribution in [0.4, 0.5) is 0 Å². The summed E-state index contributed by atoms with van der Waals surface area (Å²) in [4.78, 5) is 2.35. The van der Waals surface area contributed by atoms with Crippen molar-refractivity contribution < 1.29 is 14.6 Å². The molecule has 1 aromatic heterocycles. The van der Waals surface area contributed by atoms with Crippen molar-refractivity contribution in [2.24, 2.45) is 7.05 Å². The molecule has 2 aliphatic heterocycles. The summed E-state index contributed by atoms with van der Waals surface area (Å²) in [6.45, 7) is 3.24. The number of hydrogen-bond acceptors (Lipinski definition) is 5. The number of hydrogen-bond donors (Lipinski definition) is 1. The Bertz CT molecular complexity index is 728. The quantitative estimate of drug-likeness (QED) is 0.927. The van der Waals surface area contributed by atoms with Crippen molar-refractivity contribution in [3.05, 3.63) is 30.0 Å². The molecule has 0 saturated carbocycles. The highest BCUT2D eigenvalue weighted by Crippen LogP contribution is 2.35. The third-order valence-electron chi connectivity index (χ3n) is 4.80. The van der Waals surface area contributed by atoms with Crippen LogP contribution in [-0.2, 0) is 13.6 Å². The summed E-state index contributed by atoms with van der Waals surface area (Å²) in [6.07, 6.45) is 4.28. The summed E-state index contributed by atoms with van der Waals surface area (Å²) < 4.78 is 13.1. The fourth-order valence-electron chi connectivity index (χ4n) is 3.62. The molecular formula is C18H23N3O3. The molecule has 0 radical (unpaired) electrons. The van der Waals surface area contributed by atoms with Gasteiger partial charge < -0.3 is 14.6 Å². The van der Waals surface area contributed by atoms with E-state index < -0.39 is 0 Å². The van der Waals surface area contributed by atoms with E-state index in [-0.39, 0.29) is 12.6 Å². The molecule has 3 heterocycles. The van der Waals surface area contributed by atoms with Crippen molar-refractivity contribution in [3.63, 3.8) is 0 Å². The van der Waals surface area contributed by atoms with Gasteiger partial charge in [0.2, 0.25) is 0 Å². The van der Waals surface area contributed by atoms with Crippen molar-refractivity contribution in [3.8, 4) is 22.8 Å². The lowest BCUT2D eigenvalue weighted by atomic mass is 10.1. The van der Waals surface area contributed by atoms with Crippen molar-refractivity contribution in [1.29, 1.82) is 0 Å². The number of fused-ring (bicyclic) bond motifs is 1. The maximum absolute atomic E-state index is 9.55. The molecular weight excluding hydrogens is 306 g/mol. The van der Waals surface area contributed by atoms with Crippen LogP contribution >= 0.6 is 0 Å². The van der Waals surface area contributed by atoms with Gasteiger partial charge in [-0.3, -0.25) is 9.58 Å². The summed E-state index contributed by atoms with van der Waals surface area (Å²) in [6, 6.07) is 6.26. The van der Waals surface area contributed by atoms with Crippen LogP contribution in [0.1, 0.15) is 18.4 Å². The minimum atomic E-state index is 0.222. The lowest BCUT2D eigenvalue weighted by Crippen LogP contribution is -2.31. The molecule has 0 unspecified atom stereocenters. The molecule has 1 saturated heterocycles. The zero-order valence-electron chi connectivity index (χ0n) is 13.9. The second kappa shape index (κ2) is 6.45. The zero-order valence-corrected chi connectivity index (χ0v) is 13.9. The summed E-state index contributed by atoms with van der Waals surface area (Å²) in [7, 11) is 1.94. The number of nitrogens with zero attached hydrogens (tertiary/aromatic N) is 3. The van der Waals surface area contributed by atoms with E-state index in [1.165, 1.54) is 5.56 Å². The molecule has 1 atom stereocenters. The van der Waals surface area contributed by atoms with Crippen LogP contribution < -0.4 is 9.47 Å². The Balaban J connectivity index is 1.64. The number of ether oxygens (including phenoxy) is 2. The first-order valence-electron chi connectivity index (χ1n) is 8.52. The zero-order chi connectivity index (χ0) is 16.5. The minimum Gasteiger partial charge on any atom is -0.486 e. The molecule has 0 amide bonds. The molecule has 1 N–H and O–H groups in total. The van der Waals surface area contributed by atoms with Gasteiger partial charge in [-0.1, -0.05) is 0 Å². The molecule has 1 aromatic carbocycles. The van der Waals surface area contributed by atoms with Crippen LogP contribution in [0.5, 0.6) is 11.5 Å². The number of aromatic nitrogens is 2. The Hall–Kier alpha value is -2.05. The summed E-state index contributed by atoms with van der Waals surface area (Å²) in [5.74, 6) is 1.58. The Morgan fingerprint density at radius 2 is 2.08 bits per heavy atom. The highest BCUT2D eigenvalue weighted by molar-refractivity contribution is 5.66. The van der Waals surface area contributed by atoms with E-state index in [4.69, 9.17) is 9.47 Å². The number of rotatable bonds is 4. The predicted octanol–water partition coefficient (Wildman–Crippen LogP) is 1.81. The van der Waals surface area contributed by atoms with E-state index in [1.54, 1.807) is 0 Å². The number of aliphatic hydroxyl groups is 1. The van der Waals surface area contributed by atoms with Gasteiger partial charge in [-0.15, -0.1) is 0 Å². The monoisotopic (exact) mass is 329 g/mol. The second-order valence-electron chi connectivity index (χ2n) is 6.48. The molecule has 1 fully saturated rings. The molecule has 2 aromatic rings. The molecule has 2 aliphatic rings. The predicted molar refractivity (Wildman–Crippen MR) is 90.2 cm³/mol. The normalized spacial score (nSPS) is 20.5. The highest BCUT2D eigenvalue weighted by Gasteiger charge is 2.25. The maximum Gasteiger partial charge on any atom is 0.162 e. The van der Waals surface area contributed by atoms with Crippen LogP contribution in [0.25, 0.3) is 11.3 Å². The van der Waals surface area contributed by atoms with Crippen LogP contribution in [-0.4, -0.2) is 52.2 Å². The average Bonchev–Trinajstić information content (AvgIpc) is 3.20. The van der Waals surface area contributed by atoms with Crippen molar-refractivity contribution >= 4 is 0 Å². The van der Waals surface area contributed by atoms with Crippen molar-refractivity contribution in [1.82, 2.24) is 14.7 Å². The fourth-order valence-corrected chi connectivity index (χ4v) is 3.62. The van der Waals surface area contributed by atoms with E-state index in [0.29, 0.717) is 13.2 Å². The lowest BCUT2D eigenvalue weighted by Gasteiger charge is -2.22. The summed E-state index contributed by atoms with van der Waals surface area (Å²) in [5, 5.41) is 14.2. The van der Waals surface area contributed by atoms with Gasteiger partial charge in [0.1, 0.15) is 13.2 Å². The second-order valence-corrected chi connectivity index (χ2v) is 6.48. The van der Waals surface area contributed by atoms with Gasteiger partial charge in [-0.2, -0.15) is 5.10 Å². The third kappa shape index (κ3) is 2.87. The molecule has 6 heteroatoms. The van der Waals surface area contributed by atoms with Gasteiger partial charge in [0.25, 0.3) is 0 Å². The number of benzene rings is 1. The summed E-state index contributed by atoms with van der Waals surface area (Å²) >= 11 is 0. The Morgan fingerprint density at radius 1 is 1.25 bits per heavy atom. The Morgan fingerprint density at radius 3 is 2.92 bits per heavy atom. The van der Waals surface area contributed by atoms with E-state index in [1.807, 2.05) is 29.9 Å². The van der Waals surface area contributed by atoms with Gasteiger partial charge in [-0.05, 0) is 37.6 Å². The molecule has 0 bridgehead atoms. The standard InChI is InChI=1S/C18H23N3O3/c1-20-10-14(11-21-6-2-3-15(21)12-22)18(19-20)13-4-5-16-17(9-13)24-8-7-23-16/h4-5,9-10,15,22H,2-3,6-8,11-12H2,1H3/t15-/m0/s1. The highest BCUT2D eigenvalue weighted by atomic mass is 16.6. The van der Waals surface area contributed by atoms with Gasteiger partial charge in [-0.25, -0.2) is 0 Å². The van der Waals surface area contributed by atoms with E-state index >= 15 is 0 Å². The molecule has 0 aliphatic carbocycles. The first kappa shape index (κ1) is 15.5. The number of aryl methyl sites for hydroxylation is 1. The van der Waals surface area contributed by atoms with E-state index in [0.717, 1.165) is 48.7 Å². The van der Waals surface area contributed by atoms with Crippen LogP contribution in [0, 0.1) is 0 Å². The van der Waals surface area contributed by atoms with Crippen LogP contribution in [0.2, 0.25) is 0 Å². The lowest BCUT2D eigenvalue weighted by molar-refractivity contribution is 0.154. The average molecular weight is 329 g/mol. The van der Waals surface area contributed by atoms with E-state index in [9.17, 15) is 5.11 Å². The maximum atomic E-state index is 9.55. The van der Waals surface area contributed by atoms with Gasteiger partial charge in [0.05, 0.1) is 12.3 Å². The van der Waals surface area contributed by atoms with Gasteiger partial charge in [0.15, 0.2) is 11.5 Å². The number of aliphatic hydroxyl groups excluding tert-OH is 1. The minimum absolute atomic E-state index is 0.222. The molecule has 0 spiro atoms. The van der Waals surface area contributed by atoms with Gasteiger partial charge >= 0.3 is 0 Å². The van der Waals surface area contributed by atoms with E-state index in [2.05, 4.69) is 16.2 Å². The number of likely N-dealkylation sites (tertiary alicyclic amines) is 1. The van der Waals surface area contributed by atoms with Crippen molar-refractivity contribution in [2.75, 3.05) is 26.4 Å². The third-order valence-corrected chi connectivity index (χ3v) is 4.80. The topological polar surface area (TPSA) is 59.8 Å². The first-order valence-corrected chi connectivity index (χ1v) is 8.52. The largest absolute Gasteiger partial charge is 0.486 e. The van der Waals surface area contributed by atoms with Crippen LogP contribution in [0.15, 0.2) is 24.4 Å². The molecule has 128 valence electrons. The van der Waals surface area contributed by atoms with Gasteiger partial charge in [0, 0.05) is 37.0 Å². The first-order chi connectivity index (χ1) is 11.7. The van der Waals surface area contributed by atoms with Crippen LogP contribution in [0.3, 0.4) is 0 Å². The smallest absolute Gasteiger partial charge is 0.162 e.